The zero-order chi connectivity index (χ0) is 9.30. The third-order valence-electron chi connectivity index (χ3n) is 2.70. The van der Waals surface area contributed by atoms with Crippen LogP contribution in [0.25, 0.3) is 0 Å². The van der Waals surface area contributed by atoms with E-state index >= 15 is 0 Å². The molecule has 0 aromatic carbocycles. The molecule has 1 atom stereocenters. The molecular formula is C10H20N2. The lowest BCUT2D eigenvalue weighted by atomic mass is 9.99. The molecule has 0 N–H and O–H groups in total. The van der Waals surface area contributed by atoms with Gasteiger partial charge in [-0.3, -0.25) is 4.90 Å². The van der Waals surface area contributed by atoms with E-state index in [1.165, 1.54) is 18.8 Å². The fourth-order valence-corrected chi connectivity index (χ4v) is 1.65. The van der Waals surface area contributed by atoms with Crippen molar-refractivity contribution in [2.75, 3.05) is 27.2 Å². The minimum atomic E-state index is 0.510. The number of likely N-dealkylation sites (tertiary alicyclic amines) is 1. The molecule has 1 heterocycles. The molecule has 70 valence electrons. The summed E-state index contributed by atoms with van der Waals surface area (Å²) in [5.74, 6) is 0.877. The van der Waals surface area contributed by atoms with Crippen LogP contribution in [-0.2, 0) is 0 Å². The largest absolute Gasteiger partial charge is 0.380 e. The maximum Gasteiger partial charge on any atom is 0.0462 e. The van der Waals surface area contributed by atoms with Gasteiger partial charge in [0, 0.05) is 38.9 Å². The van der Waals surface area contributed by atoms with E-state index in [0.29, 0.717) is 6.04 Å². The molecule has 0 aromatic heterocycles. The van der Waals surface area contributed by atoms with Crippen LogP contribution in [0, 0.1) is 5.92 Å². The summed E-state index contributed by atoms with van der Waals surface area (Å²) >= 11 is 0. The minimum Gasteiger partial charge on any atom is -0.380 e. The predicted octanol–water partition coefficient (Wildman–Crippen LogP) is 1.40. The fourth-order valence-electron chi connectivity index (χ4n) is 1.65. The molecule has 12 heavy (non-hydrogen) atoms. The molecule has 1 aliphatic heterocycles. The van der Waals surface area contributed by atoms with Crippen molar-refractivity contribution in [3.8, 4) is 0 Å². The molecule has 1 aliphatic rings. The SMILES string of the molecule is C=C(C(C)N1CC(C)C1)N(C)C. The second-order valence-corrected chi connectivity index (χ2v) is 4.12. The van der Waals surface area contributed by atoms with Gasteiger partial charge in [0.2, 0.25) is 0 Å². The monoisotopic (exact) mass is 168 g/mol. The lowest BCUT2D eigenvalue weighted by Crippen LogP contribution is -2.51. The highest BCUT2D eigenvalue weighted by molar-refractivity contribution is 5.04. The molecule has 0 aliphatic carbocycles. The first-order valence-electron chi connectivity index (χ1n) is 4.62. The second kappa shape index (κ2) is 3.48. The Bertz CT molecular complexity index is 169. The molecule has 2 nitrogen and oxygen atoms in total. The van der Waals surface area contributed by atoms with Gasteiger partial charge in [0.25, 0.3) is 0 Å². The quantitative estimate of drug-likeness (QED) is 0.628. The predicted molar refractivity (Wildman–Crippen MR) is 53.0 cm³/mol. The van der Waals surface area contributed by atoms with Gasteiger partial charge in [-0.25, -0.2) is 0 Å². The van der Waals surface area contributed by atoms with E-state index in [1.54, 1.807) is 0 Å². The van der Waals surface area contributed by atoms with Crippen LogP contribution in [0.3, 0.4) is 0 Å². The summed E-state index contributed by atoms with van der Waals surface area (Å²) in [7, 11) is 4.12. The van der Waals surface area contributed by atoms with Gasteiger partial charge in [-0.1, -0.05) is 13.5 Å². The Kier molecular flexibility index (Phi) is 2.78. The molecule has 0 bridgehead atoms. The summed E-state index contributed by atoms with van der Waals surface area (Å²) in [6.07, 6.45) is 0. The summed E-state index contributed by atoms with van der Waals surface area (Å²) in [4.78, 5) is 4.57. The smallest absolute Gasteiger partial charge is 0.0462 e. The molecule has 0 spiro atoms. The van der Waals surface area contributed by atoms with E-state index in [1.807, 2.05) is 0 Å². The van der Waals surface area contributed by atoms with Crippen LogP contribution in [0.1, 0.15) is 13.8 Å². The van der Waals surface area contributed by atoms with Gasteiger partial charge in [0.15, 0.2) is 0 Å². The van der Waals surface area contributed by atoms with Crippen LogP contribution in [-0.4, -0.2) is 43.0 Å². The van der Waals surface area contributed by atoms with E-state index in [0.717, 1.165) is 5.92 Å². The Labute approximate surface area is 75.8 Å². The maximum absolute atomic E-state index is 4.07. The molecular weight excluding hydrogens is 148 g/mol. The van der Waals surface area contributed by atoms with Crippen molar-refractivity contribution in [1.82, 2.24) is 9.80 Å². The van der Waals surface area contributed by atoms with Gasteiger partial charge >= 0.3 is 0 Å². The van der Waals surface area contributed by atoms with Gasteiger partial charge in [-0.2, -0.15) is 0 Å². The van der Waals surface area contributed by atoms with Crippen molar-refractivity contribution in [3.63, 3.8) is 0 Å². The standard InChI is InChI=1S/C10H20N2/c1-8-6-12(7-8)10(3)9(2)11(4)5/h8,10H,2,6-7H2,1,3-5H3. The molecule has 1 saturated heterocycles. The average Bonchev–Trinajstić information content (AvgIpc) is 1.95. The third kappa shape index (κ3) is 1.81. The minimum absolute atomic E-state index is 0.510. The number of nitrogens with zero attached hydrogens (tertiary/aromatic N) is 2. The normalized spacial score (nSPS) is 21.7. The molecule has 0 aromatic rings. The summed E-state index contributed by atoms with van der Waals surface area (Å²) in [5, 5.41) is 0. The van der Waals surface area contributed by atoms with E-state index in [2.05, 4.69) is 44.3 Å². The number of rotatable bonds is 3. The van der Waals surface area contributed by atoms with Crippen molar-refractivity contribution >= 4 is 0 Å². The fraction of sp³-hybridized carbons (Fsp3) is 0.800. The van der Waals surface area contributed by atoms with Crippen LogP contribution in [0.15, 0.2) is 12.3 Å². The van der Waals surface area contributed by atoms with Crippen molar-refractivity contribution in [2.24, 2.45) is 5.92 Å². The van der Waals surface area contributed by atoms with Gasteiger partial charge in [-0.15, -0.1) is 0 Å². The summed E-state index contributed by atoms with van der Waals surface area (Å²) in [5.41, 5.74) is 1.21. The van der Waals surface area contributed by atoms with Crippen molar-refractivity contribution in [1.29, 1.82) is 0 Å². The van der Waals surface area contributed by atoms with Gasteiger partial charge in [0.1, 0.15) is 0 Å². The Morgan fingerprint density at radius 2 is 2.00 bits per heavy atom. The highest BCUT2D eigenvalue weighted by Crippen LogP contribution is 2.21. The Morgan fingerprint density at radius 3 is 2.33 bits per heavy atom. The third-order valence-corrected chi connectivity index (χ3v) is 2.70. The molecule has 1 unspecified atom stereocenters. The number of hydrogen-bond acceptors (Lipinski definition) is 2. The zero-order valence-corrected chi connectivity index (χ0v) is 8.67. The first-order valence-corrected chi connectivity index (χ1v) is 4.62. The van der Waals surface area contributed by atoms with Gasteiger partial charge in [0.05, 0.1) is 0 Å². The van der Waals surface area contributed by atoms with E-state index < -0.39 is 0 Å². The van der Waals surface area contributed by atoms with Crippen molar-refractivity contribution < 1.29 is 0 Å². The Hall–Kier alpha value is -0.500. The molecule has 0 radical (unpaired) electrons. The lowest BCUT2D eigenvalue weighted by molar-refractivity contribution is 0.0763. The molecule has 1 fully saturated rings. The maximum atomic E-state index is 4.07. The van der Waals surface area contributed by atoms with Crippen LogP contribution < -0.4 is 0 Å². The van der Waals surface area contributed by atoms with Crippen LogP contribution >= 0.6 is 0 Å². The molecule has 2 heteroatoms. The first-order chi connectivity index (χ1) is 5.52. The van der Waals surface area contributed by atoms with Crippen LogP contribution in [0.4, 0.5) is 0 Å². The highest BCUT2D eigenvalue weighted by Gasteiger charge is 2.28. The summed E-state index contributed by atoms with van der Waals surface area (Å²) < 4.78 is 0. The van der Waals surface area contributed by atoms with Crippen molar-refractivity contribution in [3.05, 3.63) is 12.3 Å². The van der Waals surface area contributed by atoms with E-state index in [9.17, 15) is 0 Å². The second-order valence-electron chi connectivity index (χ2n) is 4.12. The van der Waals surface area contributed by atoms with Gasteiger partial charge < -0.3 is 4.90 Å². The van der Waals surface area contributed by atoms with Crippen molar-refractivity contribution in [2.45, 2.75) is 19.9 Å². The summed E-state index contributed by atoms with van der Waals surface area (Å²) in [6, 6.07) is 0.510. The average molecular weight is 168 g/mol. The highest BCUT2D eigenvalue weighted by atomic mass is 15.2. The Morgan fingerprint density at radius 1 is 1.50 bits per heavy atom. The topological polar surface area (TPSA) is 6.48 Å². The van der Waals surface area contributed by atoms with Crippen LogP contribution in [0.2, 0.25) is 0 Å². The van der Waals surface area contributed by atoms with E-state index in [-0.39, 0.29) is 0 Å². The molecule has 1 rings (SSSR count). The van der Waals surface area contributed by atoms with Gasteiger partial charge in [-0.05, 0) is 12.8 Å². The number of likely N-dealkylation sites (N-methyl/N-ethyl adjacent to an activating group) is 1. The molecule has 0 saturated carbocycles. The van der Waals surface area contributed by atoms with Crippen LogP contribution in [0.5, 0.6) is 0 Å². The van der Waals surface area contributed by atoms with E-state index in [4.69, 9.17) is 0 Å². The zero-order valence-electron chi connectivity index (χ0n) is 8.67. The first kappa shape index (κ1) is 9.59. The summed E-state index contributed by atoms with van der Waals surface area (Å²) in [6.45, 7) is 11.1. The Balaban J connectivity index is 2.38. The lowest BCUT2D eigenvalue weighted by Gasteiger charge is -2.43. The molecule has 0 amide bonds. The number of hydrogen-bond donors (Lipinski definition) is 0.